The van der Waals surface area contributed by atoms with Crippen molar-refractivity contribution in [2.45, 2.75) is 64.2 Å². The third-order valence-electron chi connectivity index (χ3n) is 2.86. The van der Waals surface area contributed by atoms with E-state index >= 15 is 0 Å². The molecule has 4 nitrogen and oxygen atoms in total. The Labute approximate surface area is 115 Å². The second kappa shape index (κ2) is 13.1. The number of rotatable bonds is 13. The molecule has 0 rings (SSSR count). The summed E-state index contributed by atoms with van der Waals surface area (Å²) in [6.45, 7) is 4.10. The van der Waals surface area contributed by atoms with Gasteiger partial charge < -0.3 is 9.84 Å². The number of esters is 1. The SMILES string of the molecule is C=CCCCCCCCCCOC(=O)CCC(=O)O. The quantitative estimate of drug-likeness (QED) is 0.315. The summed E-state index contributed by atoms with van der Waals surface area (Å²) >= 11 is 0. The summed E-state index contributed by atoms with van der Waals surface area (Å²) in [4.78, 5) is 21.3. The number of unbranched alkanes of at least 4 members (excludes halogenated alkanes) is 7. The second-order valence-electron chi connectivity index (χ2n) is 4.67. The van der Waals surface area contributed by atoms with Gasteiger partial charge >= 0.3 is 11.9 Å². The van der Waals surface area contributed by atoms with Gasteiger partial charge in [-0.3, -0.25) is 9.59 Å². The zero-order chi connectivity index (χ0) is 14.3. The lowest BCUT2D eigenvalue weighted by molar-refractivity contribution is -0.147. The molecule has 0 aromatic carbocycles. The van der Waals surface area contributed by atoms with E-state index in [1.807, 2.05) is 6.08 Å². The number of aliphatic carboxylic acids is 1. The Morgan fingerprint density at radius 2 is 1.53 bits per heavy atom. The van der Waals surface area contributed by atoms with Crippen molar-refractivity contribution in [3.63, 3.8) is 0 Å². The molecule has 110 valence electrons. The third-order valence-corrected chi connectivity index (χ3v) is 2.86. The zero-order valence-electron chi connectivity index (χ0n) is 11.7. The molecule has 0 aliphatic heterocycles. The van der Waals surface area contributed by atoms with Crippen LogP contribution in [0.1, 0.15) is 64.2 Å². The Kier molecular flexibility index (Phi) is 12.2. The molecule has 19 heavy (non-hydrogen) atoms. The number of hydrogen-bond donors (Lipinski definition) is 1. The fraction of sp³-hybridized carbons (Fsp3) is 0.733. The fourth-order valence-electron chi connectivity index (χ4n) is 1.74. The van der Waals surface area contributed by atoms with Crippen molar-refractivity contribution < 1.29 is 19.4 Å². The third kappa shape index (κ3) is 14.6. The van der Waals surface area contributed by atoms with Crippen molar-refractivity contribution in [3.8, 4) is 0 Å². The monoisotopic (exact) mass is 270 g/mol. The zero-order valence-corrected chi connectivity index (χ0v) is 11.7. The molecule has 0 saturated carbocycles. The molecule has 0 aromatic rings. The summed E-state index contributed by atoms with van der Waals surface area (Å²) in [5, 5.41) is 8.40. The standard InChI is InChI=1S/C15H26O4/c1-2-3-4-5-6-7-8-9-10-13-19-15(18)12-11-14(16)17/h2H,1,3-13H2,(H,16,17). The molecule has 0 aliphatic rings. The number of carboxylic acids is 1. The van der Waals surface area contributed by atoms with Gasteiger partial charge in [0, 0.05) is 0 Å². The first-order chi connectivity index (χ1) is 9.16. The van der Waals surface area contributed by atoms with E-state index in [9.17, 15) is 9.59 Å². The average Bonchev–Trinajstić information content (AvgIpc) is 2.38. The van der Waals surface area contributed by atoms with Crippen LogP contribution in [0.2, 0.25) is 0 Å². The van der Waals surface area contributed by atoms with Crippen molar-refractivity contribution in [3.05, 3.63) is 12.7 Å². The molecule has 0 saturated heterocycles. The number of carbonyl (C=O) groups excluding carboxylic acids is 1. The van der Waals surface area contributed by atoms with E-state index in [1.54, 1.807) is 0 Å². The van der Waals surface area contributed by atoms with Gasteiger partial charge in [-0.1, -0.05) is 38.2 Å². The molecule has 0 radical (unpaired) electrons. The summed E-state index contributed by atoms with van der Waals surface area (Å²) in [7, 11) is 0. The normalized spacial score (nSPS) is 10.1. The largest absolute Gasteiger partial charge is 0.481 e. The van der Waals surface area contributed by atoms with E-state index in [1.165, 1.54) is 32.1 Å². The lowest BCUT2D eigenvalue weighted by Gasteiger charge is -2.04. The van der Waals surface area contributed by atoms with Gasteiger partial charge in [-0.25, -0.2) is 0 Å². The van der Waals surface area contributed by atoms with Gasteiger partial charge in [-0.15, -0.1) is 6.58 Å². The highest BCUT2D eigenvalue weighted by atomic mass is 16.5. The highest BCUT2D eigenvalue weighted by Gasteiger charge is 2.05. The molecule has 0 unspecified atom stereocenters. The molecule has 0 aliphatic carbocycles. The van der Waals surface area contributed by atoms with Gasteiger partial charge in [0.1, 0.15) is 0 Å². The summed E-state index contributed by atoms with van der Waals surface area (Å²) in [6, 6.07) is 0. The first kappa shape index (κ1) is 17.7. The first-order valence-electron chi connectivity index (χ1n) is 7.15. The van der Waals surface area contributed by atoms with Gasteiger partial charge in [0.25, 0.3) is 0 Å². The number of carbonyl (C=O) groups is 2. The van der Waals surface area contributed by atoms with Crippen LogP contribution < -0.4 is 0 Å². The van der Waals surface area contributed by atoms with Gasteiger partial charge in [-0.05, 0) is 19.3 Å². The minimum atomic E-state index is -0.964. The van der Waals surface area contributed by atoms with Crippen LogP contribution in [0.25, 0.3) is 0 Å². The van der Waals surface area contributed by atoms with Crippen molar-refractivity contribution in [1.29, 1.82) is 0 Å². The molecule has 0 fully saturated rings. The van der Waals surface area contributed by atoms with Crippen LogP contribution in [-0.4, -0.2) is 23.7 Å². The van der Waals surface area contributed by atoms with Gasteiger partial charge in [0.15, 0.2) is 0 Å². The van der Waals surface area contributed by atoms with Gasteiger partial charge in [-0.2, -0.15) is 0 Å². The molecule has 0 spiro atoms. The minimum Gasteiger partial charge on any atom is -0.481 e. The molecule has 0 aromatic heterocycles. The molecule has 0 heterocycles. The lowest BCUT2D eigenvalue weighted by Crippen LogP contribution is -2.08. The maximum absolute atomic E-state index is 11.1. The van der Waals surface area contributed by atoms with Gasteiger partial charge in [0.05, 0.1) is 19.4 Å². The predicted molar refractivity (Wildman–Crippen MR) is 75.0 cm³/mol. The van der Waals surface area contributed by atoms with Crippen LogP contribution >= 0.6 is 0 Å². The van der Waals surface area contributed by atoms with Crippen LogP contribution in [0, 0.1) is 0 Å². The molecule has 4 heteroatoms. The Balaban J connectivity index is 3.15. The van der Waals surface area contributed by atoms with Crippen molar-refractivity contribution in [1.82, 2.24) is 0 Å². The van der Waals surface area contributed by atoms with Crippen molar-refractivity contribution in [2.24, 2.45) is 0 Å². The molecule has 1 N–H and O–H groups in total. The fourth-order valence-corrected chi connectivity index (χ4v) is 1.74. The topological polar surface area (TPSA) is 63.6 Å². The van der Waals surface area contributed by atoms with Crippen LogP contribution in [0.4, 0.5) is 0 Å². The summed E-state index contributed by atoms with van der Waals surface area (Å²) in [5.41, 5.74) is 0. The molecule has 0 bridgehead atoms. The Morgan fingerprint density at radius 1 is 0.947 bits per heavy atom. The first-order valence-corrected chi connectivity index (χ1v) is 7.15. The summed E-state index contributed by atoms with van der Waals surface area (Å²) in [6.07, 6.45) is 10.9. The average molecular weight is 270 g/mol. The van der Waals surface area contributed by atoms with E-state index in [0.29, 0.717) is 6.61 Å². The summed E-state index contributed by atoms with van der Waals surface area (Å²) in [5.74, 6) is -1.37. The van der Waals surface area contributed by atoms with Crippen LogP contribution in [0.15, 0.2) is 12.7 Å². The highest BCUT2D eigenvalue weighted by molar-refractivity contribution is 5.76. The highest BCUT2D eigenvalue weighted by Crippen LogP contribution is 2.08. The van der Waals surface area contributed by atoms with E-state index in [-0.39, 0.29) is 12.8 Å². The van der Waals surface area contributed by atoms with Crippen LogP contribution in [0.5, 0.6) is 0 Å². The maximum atomic E-state index is 11.1. The molecule has 0 amide bonds. The molecule has 0 atom stereocenters. The molecular weight excluding hydrogens is 244 g/mol. The summed E-state index contributed by atoms with van der Waals surface area (Å²) < 4.78 is 4.94. The number of allylic oxidation sites excluding steroid dienone is 1. The van der Waals surface area contributed by atoms with E-state index in [2.05, 4.69) is 6.58 Å². The number of hydrogen-bond acceptors (Lipinski definition) is 3. The van der Waals surface area contributed by atoms with Crippen LogP contribution in [-0.2, 0) is 14.3 Å². The Hall–Kier alpha value is -1.32. The minimum absolute atomic E-state index is 0.0291. The molecular formula is C15H26O4. The van der Waals surface area contributed by atoms with Crippen molar-refractivity contribution >= 4 is 11.9 Å². The number of ether oxygens (including phenoxy) is 1. The smallest absolute Gasteiger partial charge is 0.306 e. The van der Waals surface area contributed by atoms with Crippen molar-refractivity contribution in [2.75, 3.05) is 6.61 Å². The lowest BCUT2D eigenvalue weighted by atomic mass is 10.1. The second-order valence-corrected chi connectivity index (χ2v) is 4.67. The Morgan fingerprint density at radius 3 is 2.11 bits per heavy atom. The van der Waals surface area contributed by atoms with E-state index < -0.39 is 11.9 Å². The maximum Gasteiger partial charge on any atom is 0.306 e. The number of carboxylic acid groups (broad SMARTS) is 1. The predicted octanol–water partition coefficient (Wildman–Crippen LogP) is 3.70. The van der Waals surface area contributed by atoms with E-state index in [4.69, 9.17) is 9.84 Å². The Bertz CT molecular complexity index is 261. The van der Waals surface area contributed by atoms with Crippen LogP contribution in [0.3, 0.4) is 0 Å². The van der Waals surface area contributed by atoms with Gasteiger partial charge in [0.2, 0.25) is 0 Å². The van der Waals surface area contributed by atoms with E-state index in [0.717, 1.165) is 19.3 Å².